The maximum Gasteiger partial charge on any atom is 0.257 e. The first-order valence-corrected chi connectivity index (χ1v) is 12.9. The first kappa shape index (κ1) is 25.1. The van der Waals surface area contributed by atoms with Crippen molar-refractivity contribution in [2.24, 2.45) is 5.41 Å². The van der Waals surface area contributed by atoms with Gasteiger partial charge in [-0.3, -0.25) is 9.59 Å². The van der Waals surface area contributed by atoms with Crippen LogP contribution in [0.1, 0.15) is 49.3 Å². The number of aromatic amines is 1. The van der Waals surface area contributed by atoms with Gasteiger partial charge in [0, 0.05) is 29.0 Å². The van der Waals surface area contributed by atoms with Crippen LogP contribution in [0.4, 0.5) is 10.2 Å². The third-order valence-electron chi connectivity index (χ3n) is 6.77. The van der Waals surface area contributed by atoms with Gasteiger partial charge in [0.05, 0.1) is 25.7 Å². The maximum absolute atomic E-state index is 14.1. The average molecular weight is 522 g/mol. The van der Waals surface area contributed by atoms with Crippen molar-refractivity contribution in [2.75, 3.05) is 19.5 Å². The summed E-state index contributed by atoms with van der Waals surface area (Å²) in [4.78, 5) is 34.7. The van der Waals surface area contributed by atoms with Crippen molar-refractivity contribution >= 4 is 23.4 Å². The van der Waals surface area contributed by atoms with Crippen molar-refractivity contribution < 1.29 is 18.7 Å². The summed E-state index contributed by atoms with van der Waals surface area (Å²) in [6.07, 6.45) is 0.996. The Kier molecular flexibility index (Phi) is 6.58. The molecule has 1 aromatic heterocycles. The number of allylic oxidation sites excluding steroid dienone is 2. The van der Waals surface area contributed by atoms with Gasteiger partial charge in [-0.15, -0.1) is 0 Å². The van der Waals surface area contributed by atoms with Crippen LogP contribution in [0, 0.1) is 11.2 Å². The molecule has 5 rings (SSSR count). The van der Waals surface area contributed by atoms with Crippen LogP contribution in [-0.2, 0) is 10.5 Å². The van der Waals surface area contributed by atoms with Crippen LogP contribution in [0.2, 0.25) is 0 Å². The van der Waals surface area contributed by atoms with E-state index in [-0.39, 0.29) is 22.6 Å². The highest BCUT2D eigenvalue weighted by Crippen LogP contribution is 2.49. The number of hydrogen-bond acceptors (Lipinski definition) is 7. The second-order valence-electron chi connectivity index (χ2n) is 10.0. The van der Waals surface area contributed by atoms with Crippen LogP contribution in [0.3, 0.4) is 0 Å². The number of anilines is 1. The molecular weight excluding hydrogens is 493 g/mol. The highest BCUT2D eigenvalue weighted by Gasteiger charge is 2.43. The molecule has 2 heterocycles. The standard InChI is InChI=1S/C28H28FN3O4S/c1-28(2)12-19-23(20(33)13-28)22(17-11-16(35-3)9-10-21(17)36-4)24-25(30-19)31-27(32-26(24)34)37-14-15-7-5-6-8-18(15)29/h5-11,22H,12-14H2,1-4H3,(H2,30,31,32,34)/t22-/m0/s1. The number of carbonyl (C=O) groups excluding carboxylic acids is 1. The molecule has 2 N–H and O–H groups in total. The predicted octanol–water partition coefficient (Wildman–Crippen LogP) is 5.42. The van der Waals surface area contributed by atoms with E-state index in [1.165, 1.54) is 17.8 Å². The van der Waals surface area contributed by atoms with Crippen LogP contribution >= 0.6 is 11.8 Å². The Bertz CT molecular complexity index is 1480. The van der Waals surface area contributed by atoms with Crippen LogP contribution in [0.15, 0.2) is 63.7 Å². The normalized spacial score (nSPS) is 18.1. The van der Waals surface area contributed by atoms with Gasteiger partial charge in [-0.1, -0.05) is 43.8 Å². The van der Waals surface area contributed by atoms with Gasteiger partial charge in [-0.05, 0) is 41.7 Å². The molecule has 0 bridgehead atoms. The Morgan fingerprint density at radius 2 is 1.89 bits per heavy atom. The van der Waals surface area contributed by atoms with Gasteiger partial charge in [-0.25, -0.2) is 9.37 Å². The number of hydrogen-bond donors (Lipinski definition) is 2. The predicted molar refractivity (Wildman–Crippen MR) is 141 cm³/mol. The first-order chi connectivity index (χ1) is 17.7. The zero-order chi connectivity index (χ0) is 26.3. The lowest BCUT2D eigenvalue weighted by molar-refractivity contribution is -0.118. The Balaban J connectivity index is 1.64. The summed E-state index contributed by atoms with van der Waals surface area (Å²) in [5.41, 5.74) is 2.21. The second kappa shape index (κ2) is 9.70. The maximum atomic E-state index is 14.1. The van der Waals surface area contributed by atoms with Gasteiger partial charge < -0.3 is 19.8 Å². The number of nitrogens with one attached hydrogen (secondary N) is 2. The number of fused-ring (bicyclic) bond motifs is 1. The van der Waals surface area contributed by atoms with Crippen molar-refractivity contribution in [3.05, 3.63) is 86.6 Å². The fourth-order valence-electron chi connectivity index (χ4n) is 5.10. The van der Waals surface area contributed by atoms with E-state index in [4.69, 9.17) is 14.5 Å². The van der Waals surface area contributed by atoms with Gasteiger partial charge >= 0.3 is 0 Å². The molecule has 1 aliphatic carbocycles. The molecule has 37 heavy (non-hydrogen) atoms. The summed E-state index contributed by atoms with van der Waals surface area (Å²) in [5.74, 6) is 0.818. The molecule has 7 nitrogen and oxygen atoms in total. The van der Waals surface area contributed by atoms with Gasteiger partial charge in [0.15, 0.2) is 10.9 Å². The molecule has 1 atom stereocenters. The van der Waals surface area contributed by atoms with Gasteiger partial charge in [0.25, 0.3) is 5.56 Å². The molecule has 192 valence electrons. The lowest BCUT2D eigenvalue weighted by Crippen LogP contribution is -2.37. The molecule has 0 saturated carbocycles. The SMILES string of the molecule is COc1ccc(OC)c([C@H]2C3=C(CC(C)(C)CC3=O)Nc3nc(SCc4ccccc4F)[nH]c(=O)c32)c1. The summed E-state index contributed by atoms with van der Waals surface area (Å²) in [7, 11) is 3.12. The Morgan fingerprint density at radius 1 is 1.11 bits per heavy atom. The number of rotatable bonds is 6. The Hall–Kier alpha value is -3.59. The van der Waals surface area contributed by atoms with Crippen molar-refractivity contribution in [2.45, 2.75) is 43.5 Å². The van der Waals surface area contributed by atoms with E-state index in [9.17, 15) is 14.0 Å². The Labute approximate surface area is 218 Å². The number of aromatic nitrogens is 2. The largest absolute Gasteiger partial charge is 0.497 e. The lowest BCUT2D eigenvalue weighted by Gasteiger charge is -2.38. The summed E-state index contributed by atoms with van der Waals surface area (Å²) < 4.78 is 25.2. The minimum atomic E-state index is -0.679. The third-order valence-corrected chi connectivity index (χ3v) is 7.69. The van der Waals surface area contributed by atoms with E-state index in [0.717, 1.165) is 5.70 Å². The number of halogens is 1. The van der Waals surface area contributed by atoms with Crippen molar-refractivity contribution in [3.8, 4) is 11.5 Å². The minimum absolute atomic E-state index is 0.0170. The number of ether oxygens (including phenoxy) is 2. The molecular formula is C28H28FN3O4S. The second-order valence-corrected chi connectivity index (χ2v) is 11.0. The van der Waals surface area contributed by atoms with Gasteiger partial charge in [0.1, 0.15) is 23.1 Å². The summed E-state index contributed by atoms with van der Waals surface area (Å²) in [5, 5.41) is 3.67. The van der Waals surface area contributed by atoms with E-state index in [2.05, 4.69) is 10.3 Å². The van der Waals surface area contributed by atoms with E-state index in [1.54, 1.807) is 50.6 Å². The zero-order valence-corrected chi connectivity index (χ0v) is 21.9. The van der Waals surface area contributed by atoms with Crippen molar-refractivity contribution in [1.82, 2.24) is 9.97 Å². The third kappa shape index (κ3) is 4.75. The fourth-order valence-corrected chi connectivity index (χ4v) is 5.95. The van der Waals surface area contributed by atoms with Crippen molar-refractivity contribution in [1.29, 1.82) is 0 Å². The molecule has 0 saturated heterocycles. The molecule has 2 aromatic carbocycles. The lowest BCUT2D eigenvalue weighted by atomic mass is 9.69. The highest BCUT2D eigenvalue weighted by atomic mass is 32.2. The van der Waals surface area contributed by atoms with E-state index < -0.39 is 5.92 Å². The molecule has 9 heteroatoms. The Morgan fingerprint density at radius 3 is 2.62 bits per heavy atom. The molecule has 0 spiro atoms. The fraction of sp³-hybridized carbons (Fsp3) is 0.321. The summed E-state index contributed by atoms with van der Waals surface area (Å²) in [6, 6.07) is 11.9. The molecule has 0 unspecified atom stereocenters. The van der Waals surface area contributed by atoms with Crippen LogP contribution < -0.4 is 20.3 Å². The van der Waals surface area contributed by atoms with Gasteiger partial charge in [-0.2, -0.15) is 0 Å². The van der Waals surface area contributed by atoms with Gasteiger partial charge in [0.2, 0.25) is 0 Å². The van der Waals surface area contributed by atoms with Crippen LogP contribution in [0.25, 0.3) is 0 Å². The molecule has 3 aromatic rings. The molecule has 0 fully saturated rings. The number of benzene rings is 2. The van der Waals surface area contributed by atoms with Crippen molar-refractivity contribution in [3.63, 3.8) is 0 Å². The minimum Gasteiger partial charge on any atom is -0.497 e. The van der Waals surface area contributed by atoms with E-state index in [1.807, 2.05) is 13.8 Å². The number of nitrogens with zero attached hydrogens (tertiary/aromatic N) is 1. The quantitative estimate of drug-likeness (QED) is 0.331. The number of thioether (sulfide) groups is 1. The zero-order valence-electron chi connectivity index (χ0n) is 21.1. The number of Topliss-reactive ketones (excluding diaryl/α,β-unsaturated/α-hetero) is 1. The first-order valence-electron chi connectivity index (χ1n) is 12.0. The summed E-state index contributed by atoms with van der Waals surface area (Å²) in [6.45, 7) is 4.10. The van der Waals surface area contributed by atoms with E-state index in [0.29, 0.717) is 63.3 Å². The molecule has 0 amide bonds. The highest BCUT2D eigenvalue weighted by molar-refractivity contribution is 7.98. The molecule has 1 aliphatic heterocycles. The summed E-state index contributed by atoms with van der Waals surface area (Å²) >= 11 is 1.24. The number of methoxy groups -OCH3 is 2. The molecule has 0 radical (unpaired) electrons. The van der Waals surface area contributed by atoms with E-state index >= 15 is 0 Å². The monoisotopic (exact) mass is 521 g/mol. The average Bonchev–Trinajstić information content (AvgIpc) is 2.85. The number of H-pyrrole nitrogens is 1. The molecule has 2 aliphatic rings. The number of ketones is 1. The smallest absolute Gasteiger partial charge is 0.257 e. The van der Waals surface area contributed by atoms with Crippen LogP contribution in [0.5, 0.6) is 11.5 Å². The van der Waals surface area contributed by atoms with Crippen LogP contribution in [-0.4, -0.2) is 30.0 Å². The number of carbonyl (C=O) groups is 1. The topological polar surface area (TPSA) is 93.3 Å².